The number of esters is 3. The van der Waals surface area contributed by atoms with Gasteiger partial charge in [0.2, 0.25) is 0 Å². The first-order valence-electron chi connectivity index (χ1n) is 30.3. The highest BCUT2D eigenvalue weighted by Gasteiger charge is 2.19. The van der Waals surface area contributed by atoms with Crippen molar-refractivity contribution in [2.45, 2.75) is 341 Å². The molecule has 6 nitrogen and oxygen atoms in total. The number of allylic oxidation sites excluding steroid dienone is 4. The van der Waals surface area contributed by atoms with Gasteiger partial charge in [-0.3, -0.25) is 14.4 Å². The molecule has 1 unspecified atom stereocenters. The van der Waals surface area contributed by atoms with Crippen LogP contribution in [-0.2, 0) is 28.6 Å². The summed E-state index contributed by atoms with van der Waals surface area (Å²) in [5.74, 6) is -0.862. The van der Waals surface area contributed by atoms with E-state index in [0.717, 1.165) is 64.2 Å². The highest BCUT2D eigenvalue weighted by atomic mass is 16.6. The molecule has 0 aliphatic rings. The van der Waals surface area contributed by atoms with Crippen molar-refractivity contribution < 1.29 is 28.6 Å². The maximum Gasteiger partial charge on any atom is 0.306 e. The van der Waals surface area contributed by atoms with Crippen LogP contribution in [0.25, 0.3) is 0 Å². The molecule has 0 saturated carbocycles. The van der Waals surface area contributed by atoms with Gasteiger partial charge in [0.15, 0.2) is 6.10 Å². The van der Waals surface area contributed by atoms with E-state index >= 15 is 0 Å². The lowest BCUT2D eigenvalue weighted by Gasteiger charge is -2.18. The van der Waals surface area contributed by atoms with E-state index in [-0.39, 0.29) is 31.1 Å². The van der Waals surface area contributed by atoms with Gasteiger partial charge in [-0.2, -0.15) is 0 Å². The van der Waals surface area contributed by atoms with Crippen LogP contribution >= 0.6 is 0 Å². The Morgan fingerprint density at radius 1 is 0.279 bits per heavy atom. The predicted molar refractivity (Wildman–Crippen MR) is 293 cm³/mol. The van der Waals surface area contributed by atoms with Gasteiger partial charge in [-0.05, 0) is 70.6 Å². The minimum atomic E-state index is -0.773. The van der Waals surface area contributed by atoms with Gasteiger partial charge >= 0.3 is 17.9 Å². The predicted octanol–water partition coefficient (Wildman–Crippen LogP) is 20.3. The molecule has 0 fully saturated rings. The topological polar surface area (TPSA) is 78.9 Å². The molecule has 0 aliphatic heterocycles. The lowest BCUT2D eigenvalue weighted by molar-refractivity contribution is -0.167. The molecule has 0 N–H and O–H groups in total. The molecule has 0 saturated heterocycles. The second-order valence-corrected chi connectivity index (χ2v) is 20.6. The number of hydrogen-bond donors (Lipinski definition) is 0. The van der Waals surface area contributed by atoms with Crippen molar-refractivity contribution in [2.75, 3.05) is 13.2 Å². The summed E-state index contributed by atoms with van der Waals surface area (Å²) < 4.78 is 16.9. The third-order valence-corrected chi connectivity index (χ3v) is 13.7. The zero-order valence-corrected chi connectivity index (χ0v) is 45.9. The van der Waals surface area contributed by atoms with Crippen LogP contribution in [0.1, 0.15) is 335 Å². The minimum absolute atomic E-state index is 0.0710. The Morgan fingerprint density at radius 3 is 0.750 bits per heavy atom. The number of ether oxygens (including phenoxy) is 3. The van der Waals surface area contributed by atoms with Gasteiger partial charge < -0.3 is 14.2 Å². The van der Waals surface area contributed by atoms with Crippen molar-refractivity contribution in [3.8, 4) is 0 Å². The fraction of sp³-hybridized carbons (Fsp3) is 0.887. The smallest absolute Gasteiger partial charge is 0.306 e. The first kappa shape index (κ1) is 65.9. The average molecular weight is 958 g/mol. The highest BCUT2D eigenvalue weighted by molar-refractivity contribution is 5.71. The molecule has 0 bridgehead atoms. The first-order valence-corrected chi connectivity index (χ1v) is 30.3. The number of unbranched alkanes of at least 4 members (excludes halogenated alkanes) is 41. The van der Waals surface area contributed by atoms with Crippen molar-refractivity contribution in [3.63, 3.8) is 0 Å². The van der Waals surface area contributed by atoms with E-state index in [2.05, 4.69) is 45.1 Å². The van der Waals surface area contributed by atoms with Crippen LogP contribution in [0.15, 0.2) is 24.3 Å². The number of hydrogen-bond acceptors (Lipinski definition) is 6. The molecule has 0 aliphatic carbocycles. The highest BCUT2D eigenvalue weighted by Crippen LogP contribution is 2.17. The third kappa shape index (κ3) is 54.8. The molecule has 6 heteroatoms. The van der Waals surface area contributed by atoms with Crippen molar-refractivity contribution in [1.82, 2.24) is 0 Å². The van der Waals surface area contributed by atoms with E-state index < -0.39 is 6.10 Å². The van der Waals surface area contributed by atoms with Crippen LogP contribution in [0.3, 0.4) is 0 Å². The fourth-order valence-corrected chi connectivity index (χ4v) is 9.08. The summed E-state index contributed by atoms with van der Waals surface area (Å²) in [4.78, 5) is 38.2. The van der Waals surface area contributed by atoms with Crippen molar-refractivity contribution in [2.24, 2.45) is 0 Å². The van der Waals surface area contributed by atoms with Gasteiger partial charge in [-0.1, -0.05) is 270 Å². The molecule has 400 valence electrons. The van der Waals surface area contributed by atoms with E-state index in [1.807, 2.05) is 0 Å². The van der Waals surface area contributed by atoms with Crippen LogP contribution in [0.5, 0.6) is 0 Å². The van der Waals surface area contributed by atoms with Crippen LogP contribution in [0.4, 0.5) is 0 Å². The Balaban J connectivity index is 4.30. The van der Waals surface area contributed by atoms with E-state index in [0.29, 0.717) is 19.3 Å². The summed E-state index contributed by atoms with van der Waals surface area (Å²) >= 11 is 0. The van der Waals surface area contributed by atoms with E-state index in [1.165, 1.54) is 231 Å². The molecule has 0 spiro atoms. The molecule has 0 rings (SSSR count). The van der Waals surface area contributed by atoms with Crippen LogP contribution in [0.2, 0.25) is 0 Å². The maximum atomic E-state index is 12.9. The Hall–Kier alpha value is -2.11. The molecular formula is C62H116O6. The van der Waals surface area contributed by atoms with Gasteiger partial charge in [0.05, 0.1) is 0 Å². The number of rotatable bonds is 56. The lowest BCUT2D eigenvalue weighted by atomic mass is 10.0. The largest absolute Gasteiger partial charge is 0.462 e. The van der Waals surface area contributed by atoms with Crippen molar-refractivity contribution in [3.05, 3.63) is 24.3 Å². The van der Waals surface area contributed by atoms with Gasteiger partial charge in [-0.25, -0.2) is 0 Å². The average Bonchev–Trinajstić information content (AvgIpc) is 3.34. The second kappa shape index (κ2) is 57.5. The lowest BCUT2D eigenvalue weighted by Crippen LogP contribution is -2.30. The van der Waals surface area contributed by atoms with Crippen molar-refractivity contribution >= 4 is 17.9 Å². The van der Waals surface area contributed by atoms with E-state index in [4.69, 9.17) is 14.2 Å². The Bertz CT molecular complexity index is 1100. The van der Waals surface area contributed by atoms with Gasteiger partial charge in [0.1, 0.15) is 13.2 Å². The summed E-state index contributed by atoms with van der Waals surface area (Å²) in [5.41, 5.74) is 0. The molecule has 68 heavy (non-hydrogen) atoms. The second-order valence-electron chi connectivity index (χ2n) is 20.6. The number of carbonyl (C=O) groups is 3. The van der Waals surface area contributed by atoms with Crippen LogP contribution in [0, 0.1) is 0 Å². The molecule has 0 aromatic rings. The third-order valence-electron chi connectivity index (χ3n) is 13.7. The molecule has 0 aromatic carbocycles. The normalized spacial score (nSPS) is 12.1. The fourth-order valence-electron chi connectivity index (χ4n) is 9.08. The standard InChI is InChI=1S/C62H116O6/c1-4-7-10-13-16-19-22-25-27-29-30-31-33-34-37-40-43-46-49-52-55-61(64)67-58-59(57-66-60(63)54-51-48-45-42-39-36-24-21-18-15-12-9-6-3)68-62(65)56-53-50-47-44-41-38-35-32-28-26-23-20-17-14-11-8-5-2/h21,24,26,28,59H,4-20,22-23,25,27,29-58H2,1-3H3/b24-21-,28-26-. The Morgan fingerprint density at radius 2 is 0.485 bits per heavy atom. The Labute approximate surface area is 423 Å². The zero-order valence-electron chi connectivity index (χ0n) is 45.9. The molecule has 1 atom stereocenters. The molecular weight excluding hydrogens is 841 g/mol. The molecule has 0 radical (unpaired) electrons. The summed E-state index contributed by atoms with van der Waals surface area (Å²) in [6.45, 7) is 6.67. The van der Waals surface area contributed by atoms with Gasteiger partial charge in [-0.15, -0.1) is 0 Å². The quantitative estimate of drug-likeness (QED) is 0.0262. The van der Waals surface area contributed by atoms with E-state index in [9.17, 15) is 14.4 Å². The summed E-state index contributed by atoms with van der Waals surface area (Å²) in [6.07, 6.45) is 67.4. The first-order chi connectivity index (χ1) is 33.5. The minimum Gasteiger partial charge on any atom is -0.462 e. The summed E-state index contributed by atoms with van der Waals surface area (Å²) in [7, 11) is 0. The summed E-state index contributed by atoms with van der Waals surface area (Å²) in [5, 5.41) is 0. The van der Waals surface area contributed by atoms with Gasteiger partial charge in [0, 0.05) is 19.3 Å². The number of carbonyl (C=O) groups excluding carboxylic acids is 3. The maximum absolute atomic E-state index is 12.9. The summed E-state index contributed by atoms with van der Waals surface area (Å²) in [6, 6.07) is 0. The molecule has 0 heterocycles. The molecule has 0 aromatic heterocycles. The Kier molecular flexibility index (Phi) is 55.7. The molecule has 0 amide bonds. The monoisotopic (exact) mass is 957 g/mol. The van der Waals surface area contributed by atoms with Crippen LogP contribution in [-0.4, -0.2) is 37.2 Å². The van der Waals surface area contributed by atoms with Gasteiger partial charge in [0.25, 0.3) is 0 Å². The van der Waals surface area contributed by atoms with E-state index in [1.54, 1.807) is 0 Å². The van der Waals surface area contributed by atoms with Crippen molar-refractivity contribution in [1.29, 1.82) is 0 Å². The zero-order chi connectivity index (χ0) is 49.3. The van der Waals surface area contributed by atoms with Crippen LogP contribution < -0.4 is 0 Å². The SMILES string of the molecule is CCCCCC/C=C\CCCCCCCC(=O)OCC(COC(=O)CCCCCCCCCCCCCCCCCCCCCC)OC(=O)CCCCCCCCC/C=C\CCCCCCCC.